The first kappa shape index (κ1) is 28.9. The number of fused-ring (bicyclic) bond motifs is 11. The van der Waals surface area contributed by atoms with Crippen LogP contribution in [0, 0.1) is 0 Å². The van der Waals surface area contributed by atoms with Gasteiger partial charge in [-0.1, -0.05) is 121 Å². The van der Waals surface area contributed by atoms with Gasteiger partial charge in [0.2, 0.25) is 0 Å². The molecule has 0 saturated carbocycles. The molecule has 1 spiro atoms. The van der Waals surface area contributed by atoms with Crippen LogP contribution in [0.2, 0.25) is 0 Å². The number of benzene rings is 7. The van der Waals surface area contributed by atoms with E-state index in [1.807, 2.05) is 30.5 Å². The van der Waals surface area contributed by atoms with Crippen molar-refractivity contribution in [3.63, 3.8) is 0 Å². The third kappa shape index (κ3) is 4.00. The standard InChI is InChI=1S/C48H30N2O2/c1-2-13-33(14-3-1)50-42-21-7-4-15-35(42)36-17-12-16-34(47(36)50)31-24-26-39-45(29-31)51-43-22-8-5-18-37(43)48(39)38-19-6-9-23-44(38)52-46-30-32(25-27-40(46)48)41-20-10-11-28-49-41/h1-30H. The quantitative estimate of drug-likeness (QED) is 0.188. The van der Waals surface area contributed by atoms with E-state index in [0.29, 0.717) is 0 Å². The monoisotopic (exact) mass is 666 g/mol. The second kappa shape index (κ2) is 11.0. The van der Waals surface area contributed by atoms with Crippen molar-refractivity contribution < 1.29 is 9.47 Å². The summed E-state index contributed by atoms with van der Waals surface area (Å²) in [6.07, 6.45) is 1.83. The van der Waals surface area contributed by atoms with E-state index in [0.717, 1.165) is 73.3 Å². The third-order valence-corrected chi connectivity index (χ3v) is 10.8. The molecule has 0 N–H and O–H groups in total. The van der Waals surface area contributed by atoms with Gasteiger partial charge in [0.1, 0.15) is 23.0 Å². The molecule has 52 heavy (non-hydrogen) atoms. The SMILES string of the molecule is c1ccc(-n2c3ccccc3c3cccc(-c4ccc5c(c4)Oc4ccccc4C54c5ccccc5Oc5cc(-c6ccccn6)ccc54)c32)cc1. The van der Waals surface area contributed by atoms with E-state index < -0.39 is 5.41 Å². The van der Waals surface area contributed by atoms with Crippen molar-refractivity contribution in [1.29, 1.82) is 0 Å². The number of pyridine rings is 1. The van der Waals surface area contributed by atoms with Gasteiger partial charge >= 0.3 is 0 Å². The molecule has 9 aromatic rings. The maximum atomic E-state index is 6.92. The normalized spacial score (nSPS) is 15.3. The highest BCUT2D eigenvalue weighted by Crippen LogP contribution is 2.62. The Morgan fingerprint density at radius 3 is 1.77 bits per heavy atom. The van der Waals surface area contributed by atoms with E-state index in [2.05, 4.69) is 161 Å². The summed E-state index contributed by atoms with van der Waals surface area (Å²) in [4.78, 5) is 4.64. The van der Waals surface area contributed by atoms with Crippen LogP contribution in [-0.2, 0) is 5.41 Å². The van der Waals surface area contributed by atoms with Gasteiger partial charge < -0.3 is 14.0 Å². The number of ether oxygens (including phenoxy) is 2. The van der Waals surface area contributed by atoms with E-state index in [-0.39, 0.29) is 0 Å². The zero-order valence-corrected chi connectivity index (χ0v) is 28.0. The van der Waals surface area contributed by atoms with Gasteiger partial charge in [-0.3, -0.25) is 4.98 Å². The Morgan fingerprint density at radius 2 is 1.04 bits per heavy atom. The van der Waals surface area contributed by atoms with Gasteiger partial charge in [-0.15, -0.1) is 0 Å². The Morgan fingerprint density at radius 1 is 0.442 bits per heavy atom. The lowest BCUT2D eigenvalue weighted by Crippen LogP contribution is -2.36. The van der Waals surface area contributed by atoms with Crippen molar-refractivity contribution in [3.05, 3.63) is 204 Å². The number of aromatic nitrogens is 2. The lowest BCUT2D eigenvalue weighted by Gasteiger charge is -2.45. The number of para-hydroxylation sites is 5. The van der Waals surface area contributed by atoms with Crippen LogP contribution in [0.25, 0.3) is 49.9 Å². The predicted octanol–water partition coefficient (Wildman–Crippen LogP) is 12.1. The second-order valence-corrected chi connectivity index (χ2v) is 13.5. The molecule has 244 valence electrons. The summed E-state index contributed by atoms with van der Waals surface area (Å²) < 4.78 is 16.1. The molecule has 1 unspecified atom stereocenters. The van der Waals surface area contributed by atoms with E-state index in [1.165, 1.54) is 21.8 Å². The molecule has 0 aliphatic carbocycles. The smallest absolute Gasteiger partial charge is 0.132 e. The fraction of sp³-hybridized carbons (Fsp3) is 0.0208. The van der Waals surface area contributed by atoms with Crippen LogP contribution in [0.3, 0.4) is 0 Å². The lowest BCUT2D eigenvalue weighted by atomic mass is 9.62. The van der Waals surface area contributed by atoms with Crippen LogP contribution in [0.5, 0.6) is 23.0 Å². The molecule has 4 nitrogen and oxygen atoms in total. The molecule has 7 aromatic carbocycles. The summed E-state index contributed by atoms with van der Waals surface area (Å²) in [6.45, 7) is 0. The number of rotatable bonds is 3. The van der Waals surface area contributed by atoms with Crippen LogP contribution < -0.4 is 9.47 Å². The fourth-order valence-corrected chi connectivity index (χ4v) is 8.63. The molecule has 0 amide bonds. The second-order valence-electron chi connectivity index (χ2n) is 13.5. The molecule has 0 radical (unpaired) electrons. The maximum absolute atomic E-state index is 6.92. The molecule has 1 atom stereocenters. The van der Waals surface area contributed by atoms with Crippen LogP contribution in [-0.4, -0.2) is 9.55 Å². The van der Waals surface area contributed by atoms with Gasteiger partial charge in [0.15, 0.2) is 0 Å². The molecular weight excluding hydrogens is 637 g/mol. The van der Waals surface area contributed by atoms with E-state index >= 15 is 0 Å². The number of hydrogen-bond donors (Lipinski definition) is 0. The van der Waals surface area contributed by atoms with Gasteiger partial charge in [0, 0.05) is 56.0 Å². The molecule has 4 heteroatoms. The van der Waals surface area contributed by atoms with E-state index in [9.17, 15) is 0 Å². The number of nitrogens with zero attached hydrogens (tertiary/aromatic N) is 2. The van der Waals surface area contributed by atoms with Crippen LogP contribution in [0.1, 0.15) is 22.3 Å². The summed E-state index contributed by atoms with van der Waals surface area (Å²) in [5.41, 5.74) is 11.3. The topological polar surface area (TPSA) is 36.3 Å². The van der Waals surface area contributed by atoms with Crippen molar-refractivity contribution in [2.75, 3.05) is 0 Å². The Balaban J connectivity index is 1.18. The van der Waals surface area contributed by atoms with Crippen molar-refractivity contribution in [2.45, 2.75) is 5.41 Å². The molecule has 2 aliphatic heterocycles. The summed E-state index contributed by atoms with van der Waals surface area (Å²) in [5, 5.41) is 2.44. The predicted molar refractivity (Wildman–Crippen MR) is 208 cm³/mol. The molecule has 0 bridgehead atoms. The summed E-state index contributed by atoms with van der Waals surface area (Å²) in [6, 6.07) is 62.0. The fourth-order valence-electron chi connectivity index (χ4n) is 8.63. The first-order chi connectivity index (χ1) is 25.8. The lowest BCUT2D eigenvalue weighted by molar-refractivity contribution is 0.399. The third-order valence-electron chi connectivity index (χ3n) is 10.8. The van der Waals surface area contributed by atoms with Gasteiger partial charge in [0.05, 0.1) is 22.1 Å². The van der Waals surface area contributed by atoms with Crippen LogP contribution in [0.4, 0.5) is 0 Å². The van der Waals surface area contributed by atoms with Crippen LogP contribution >= 0.6 is 0 Å². The zero-order chi connectivity index (χ0) is 34.2. The number of hydrogen-bond acceptors (Lipinski definition) is 3. The Labute approximate surface area is 300 Å². The summed E-state index contributed by atoms with van der Waals surface area (Å²) in [7, 11) is 0. The molecule has 0 saturated heterocycles. The van der Waals surface area contributed by atoms with Gasteiger partial charge in [-0.05, 0) is 60.2 Å². The Hall–Kier alpha value is -6.91. The molecule has 0 fully saturated rings. The van der Waals surface area contributed by atoms with Crippen LogP contribution in [0.15, 0.2) is 182 Å². The van der Waals surface area contributed by atoms with E-state index in [4.69, 9.17) is 9.47 Å². The highest BCUT2D eigenvalue weighted by atomic mass is 16.5. The molecule has 11 rings (SSSR count). The average Bonchev–Trinajstić information content (AvgIpc) is 3.56. The van der Waals surface area contributed by atoms with Crippen molar-refractivity contribution >= 4 is 21.8 Å². The maximum Gasteiger partial charge on any atom is 0.132 e. The van der Waals surface area contributed by atoms with Gasteiger partial charge in [-0.25, -0.2) is 0 Å². The van der Waals surface area contributed by atoms with Gasteiger partial charge in [0.25, 0.3) is 0 Å². The highest BCUT2D eigenvalue weighted by Gasteiger charge is 2.50. The largest absolute Gasteiger partial charge is 0.457 e. The van der Waals surface area contributed by atoms with E-state index in [1.54, 1.807) is 0 Å². The highest BCUT2D eigenvalue weighted by molar-refractivity contribution is 6.13. The Bertz CT molecular complexity index is 2850. The van der Waals surface area contributed by atoms with Crippen molar-refractivity contribution in [3.8, 4) is 51.1 Å². The first-order valence-electron chi connectivity index (χ1n) is 17.6. The molecule has 2 aromatic heterocycles. The van der Waals surface area contributed by atoms with Crippen molar-refractivity contribution in [1.82, 2.24) is 9.55 Å². The minimum absolute atomic E-state index is 0.680. The molecule has 4 heterocycles. The molecule has 2 aliphatic rings. The summed E-state index contributed by atoms with van der Waals surface area (Å²) in [5.74, 6) is 3.30. The molecular formula is C48H30N2O2. The minimum Gasteiger partial charge on any atom is -0.457 e. The minimum atomic E-state index is -0.680. The zero-order valence-electron chi connectivity index (χ0n) is 28.0. The Kier molecular flexibility index (Phi) is 6.13. The summed E-state index contributed by atoms with van der Waals surface area (Å²) >= 11 is 0. The van der Waals surface area contributed by atoms with Gasteiger partial charge in [-0.2, -0.15) is 0 Å². The first-order valence-corrected chi connectivity index (χ1v) is 17.6. The van der Waals surface area contributed by atoms with Crippen molar-refractivity contribution in [2.24, 2.45) is 0 Å². The average molecular weight is 667 g/mol.